The Morgan fingerprint density at radius 1 is 1.30 bits per heavy atom. The minimum atomic E-state index is 0.498. The fourth-order valence-corrected chi connectivity index (χ4v) is 2.82. The summed E-state index contributed by atoms with van der Waals surface area (Å²) in [5.41, 5.74) is 1.15. The molecule has 1 aromatic heterocycles. The van der Waals surface area contributed by atoms with Crippen LogP contribution in [0.2, 0.25) is 0 Å². The molecular formula is C16H30N4. The van der Waals surface area contributed by atoms with E-state index in [9.17, 15) is 0 Å². The molecule has 1 aliphatic heterocycles. The van der Waals surface area contributed by atoms with E-state index in [1.807, 2.05) is 0 Å². The zero-order chi connectivity index (χ0) is 14.4. The predicted molar refractivity (Wildman–Crippen MR) is 83.8 cm³/mol. The lowest BCUT2D eigenvalue weighted by atomic mass is 10.1. The molecule has 0 bridgehead atoms. The van der Waals surface area contributed by atoms with Crippen LogP contribution in [0.25, 0.3) is 0 Å². The fraction of sp³-hybridized carbons (Fsp3) is 0.812. The van der Waals surface area contributed by atoms with Gasteiger partial charge in [0.15, 0.2) is 0 Å². The van der Waals surface area contributed by atoms with Gasteiger partial charge in [-0.1, -0.05) is 13.8 Å². The number of hydrogen-bond acceptors (Lipinski definition) is 3. The van der Waals surface area contributed by atoms with Crippen LogP contribution < -0.4 is 5.32 Å². The van der Waals surface area contributed by atoms with E-state index in [1.54, 1.807) is 0 Å². The highest BCUT2D eigenvalue weighted by molar-refractivity contribution is 4.99. The molecule has 20 heavy (non-hydrogen) atoms. The van der Waals surface area contributed by atoms with Gasteiger partial charge in [0.05, 0.1) is 5.69 Å². The highest BCUT2D eigenvalue weighted by Gasteiger charge is 2.14. The average Bonchev–Trinajstić information content (AvgIpc) is 3.09. The molecule has 1 aliphatic rings. The summed E-state index contributed by atoms with van der Waals surface area (Å²) in [5, 5.41) is 8.17. The summed E-state index contributed by atoms with van der Waals surface area (Å²) in [4.78, 5) is 2.59. The fourth-order valence-electron chi connectivity index (χ4n) is 2.82. The van der Waals surface area contributed by atoms with E-state index in [0.717, 1.165) is 25.2 Å². The second-order valence-electron chi connectivity index (χ2n) is 6.29. The highest BCUT2D eigenvalue weighted by Crippen LogP contribution is 2.11. The van der Waals surface area contributed by atoms with E-state index in [0.29, 0.717) is 12.0 Å². The summed E-state index contributed by atoms with van der Waals surface area (Å²) in [6, 6.07) is 2.63. The van der Waals surface area contributed by atoms with Crippen LogP contribution in [0.15, 0.2) is 12.3 Å². The molecule has 0 spiro atoms. The number of likely N-dealkylation sites (tertiary alicyclic amines) is 1. The summed E-state index contributed by atoms with van der Waals surface area (Å²) in [6.45, 7) is 12.5. The molecule has 1 fully saturated rings. The summed E-state index contributed by atoms with van der Waals surface area (Å²) < 4.78 is 2.07. The third-order valence-electron chi connectivity index (χ3n) is 4.27. The first-order chi connectivity index (χ1) is 9.69. The minimum absolute atomic E-state index is 0.498. The number of nitrogens with zero attached hydrogens (tertiary/aromatic N) is 3. The summed E-state index contributed by atoms with van der Waals surface area (Å²) in [6.07, 6.45) is 5.99. The van der Waals surface area contributed by atoms with E-state index < -0.39 is 0 Å². The number of rotatable bonds is 8. The van der Waals surface area contributed by atoms with E-state index in [2.05, 4.69) is 53.0 Å². The van der Waals surface area contributed by atoms with Crippen molar-refractivity contribution in [3.63, 3.8) is 0 Å². The third kappa shape index (κ3) is 4.60. The van der Waals surface area contributed by atoms with Crippen molar-refractivity contribution in [2.45, 2.75) is 52.6 Å². The Labute approximate surface area is 123 Å². The van der Waals surface area contributed by atoms with E-state index in [4.69, 9.17) is 0 Å². The maximum atomic E-state index is 4.62. The summed E-state index contributed by atoms with van der Waals surface area (Å²) in [7, 11) is 0. The van der Waals surface area contributed by atoms with Crippen LogP contribution in [0.5, 0.6) is 0 Å². The molecule has 2 unspecified atom stereocenters. The molecule has 1 aromatic rings. The number of hydrogen-bond donors (Lipinski definition) is 1. The molecule has 2 atom stereocenters. The van der Waals surface area contributed by atoms with Crippen LogP contribution in [0.4, 0.5) is 0 Å². The van der Waals surface area contributed by atoms with E-state index >= 15 is 0 Å². The Kier molecular flexibility index (Phi) is 6.05. The van der Waals surface area contributed by atoms with E-state index in [1.165, 1.54) is 32.5 Å². The van der Waals surface area contributed by atoms with Gasteiger partial charge in [0.1, 0.15) is 0 Å². The Morgan fingerprint density at radius 3 is 2.75 bits per heavy atom. The van der Waals surface area contributed by atoms with Crippen LogP contribution >= 0.6 is 0 Å². The second kappa shape index (κ2) is 7.79. The van der Waals surface area contributed by atoms with Crippen molar-refractivity contribution in [1.29, 1.82) is 0 Å². The zero-order valence-electron chi connectivity index (χ0n) is 13.3. The molecule has 0 radical (unpaired) electrons. The first kappa shape index (κ1) is 15.5. The van der Waals surface area contributed by atoms with Gasteiger partial charge >= 0.3 is 0 Å². The van der Waals surface area contributed by atoms with E-state index in [-0.39, 0.29) is 0 Å². The Hall–Kier alpha value is -0.870. The molecule has 0 amide bonds. The van der Waals surface area contributed by atoms with Gasteiger partial charge in [-0.25, -0.2) is 0 Å². The van der Waals surface area contributed by atoms with Gasteiger partial charge in [0, 0.05) is 25.3 Å². The quantitative estimate of drug-likeness (QED) is 0.793. The van der Waals surface area contributed by atoms with Crippen molar-refractivity contribution < 1.29 is 0 Å². The topological polar surface area (TPSA) is 33.1 Å². The maximum absolute atomic E-state index is 4.62. The predicted octanol–water partition coefficient (Wildman–Crippen LogP) is 2.68. The molecule has 4 heteroatoms. The normalized spacial score (nSPS) is 19.4. The smallest absolute Gasteiger partial charge is 0.0762 e. The van der Waals surface area contributed by atoms with Gasteiger partial charge < -0.3 is 10.2 Å². The average molecular weight is 278 g/mol. The first-order valence-electron chi connectivity index (χ1n) is 8.16. The lowest BCUT2D eigenvalue weighted by molar-refractivity contribution is 0.282. The molecule has 4 nitrogen and oxygen atoms in total. The Balaban J connectivity index is 1.65. The standard InChI is InChI=1S/C16H30N4/c1-4-15(3)20-10-7-16(18-20)12-17-11-14(2)13-19-8-5-6-9-19/h7,10,14-15,17H,4-6,8-9,11-13H2,1-3H3. The molecule has 1 saturated heterocycles. The third-order valence-corrected chi connectivity index (χ3v) is 4.27. The van der Waals surface area contributed by atoms with Crippen LogP contribution in [0.3, 0.4) is 0 Å². The Bertz CT molecular complexity index is 382. The van der Waals surface area contributed by atoms with Crippen molar-refractivity contribution in [3.8, 4) is 0 Å². The molecule has 2 heterocycles. The van der Waals surface area contributed by atoms with Crippen LogP contribution in [0.1, 0.15) is 51.8 Å². The lowest BCUT2D eigenvalue weighted by Gasteiger charge is -2.20. The molecule has 0 aromatic carbocycles. The Morgan fingerprint density at radius 2 is 2.05 bits per heavy atom. The second-order valence-corrected chi connectivity index (χ2v) is 6.29. The molecule has 114 valence electrons. The van der Waals surface area contributed by atoms with Gasteiger partial charge in [0.2, 0.25) is 0 Å². The van der Waals surface area contributed by atoms with Crippen molar-refractivity contribution in [3.05, 3.63) is 18.0 Å². The van der Waals surface area contributed by atoms with Crippen molar-refractivity contribution in [1.82, 2.24) is 20.0 Å². The first-order valence-corrected chi connectivity index (χ1v) is 8.16. The van der Waals surface area contributed by atoms with Gasteiger partial charge in [-0.05, 0) is 57.8 Å². The lowest BCUT2D eigenvalue weighted by Crippen LogP contribution is -2.31. The SMILES string of the molecule is CCC(C)n1ccc(CNCC(C)CN2CCCC2)n1. The largest absolute Gasteiger partial charge is 0.311 e. The number of nitrogens with one attached hydrogen (secondary N) is 1. The molecular weight excluding hydrogens is 248 g/mol. The van der Waals surface area contributed by atoms with Crippen LogP contribution in [-0.2, 0) is 6.54 Å². The van der Waals surface area contributed by atoms with Gasteiger partial charge in [0.25, 0.3) is 0 Å². The number of aromatic nitrogens is 2. The molecule has 0 aliphatic carbocycles. The summed E-state index contributed by atoms with van der Waals surface area (Å²) in [5.74, 6) is 0.713. The van der Waals surface area contributed by atoms with Gasteiger partial charge in [-0.15, -0.1) is 0 Å². The van der Waals surface area contributed by atoms with Crippen LogP contribution in [0, 0.1) is 5.92 Å². The van der Waals surface area contributed by atoms with Crippen molar-refractivity contribution in [2.75, 3.05) is 26.2 Å². The van der Waals surface area contributed by atoms with Gasteiger partial charge in [-0.2, -0.15) is 5.10 Å². The monoisotopic (exact) mass is 278 g/mol. The molecule has 0 saturated carbocycles. The highest BCUT2D eigenvalue weighted by atomic mass is 15.3. The van der Waals surface area contributed by atoms with Crippen molar-refractivity contribution in [2.24, 2.45) is 5.92 Å². The van der Waals surface area contributed by atoms with Crippen LogP contribution in [-0.4, -0.2) is 40.9 Å². The summed E-state index contributed by atoms with van der Waals surface area (Å²) >= 11 is 0. The zero-order valence-corrected chi connectivity index (χ0v) is 13.3. The molecule has 1 N–H and O–H groups in total. The maximum Gasteiger partial charge on any atom is 0.0762 e. The van der Waals surface area contributed by atoms with Gasteiger partial charge in [-0.3, -0.25) is 4.68 Å². The minimum Gasteiger partial charge on any atom is -0.311 e. The molecule has 2 rings (SSSR count). The van der Waals surface area contributed by atoms with Crippen molar-refractivity contribution >= 4 is 0 Å².